The number of hydrogen-bond donors (Lipinski definition) is 1. The molecule has 1 saturated heterocycles. The van der Waals surface area contributed by atoms with E-state index >= 15 is 0 Å². The molecule has 0 aliphatic carbocycles. The summed E-state index contributed by atoms with van der Waals surface area (Å²) in [7, 11) is 3.51. The molecule has 0 aromatic carbocycles. The van der Waals surface area contributed by atoms with Crippen molar-refractivity contribution in [2.45, 2.75) is 12.8 Å². The average molecular weight is 273 g/mol. The monoisotopic (exact) mass is 273 g/mol. The summed E-state index contributed by atoms with van der Waals surface area (Å²) in [5.41, 5.74) is 5.43. The first-order chi connectivity index (χ1) is 8.52. The standard InChI is InChI=1S/C12H23N3O2S/c1-14(5-4-11(13)18)12(16)8-15-6-3-10(7-15)9-17-2/h10H,3-9H2,1-2H3,(H2,13,18). The number of nitrogens with two attached hydrogens (primary N) is 1. The van der Waals surface area contributed by atoms with Crippen LogP contribution in [0.1, 0.15) is 12.8 Å². The number of methoxy groups -OCH3 is 1. The number of amides is 1. The minimum Gasteiger partial charge on any atom is -0.393 e. The van der Waals surface area contributed by atoms with Crippen molar-refractivity contribution in [2.24, 2.45) is 11.7 Å². The molecule has 1 fully saturated rings. The van der Waals surface area contributed by atoms with Gasteiger partial charge in [0.1, 0.15) is 0 Å². The maximum atomic E-state index is 11.9. The molecule has 0 bridgehead atoms. The van der Waals surface area contributed by atoms with Crippen LogP contribution in [0.2, 0.25) is 0 Å². The van der Waals surface area contributed by atoms with E-state index in [4.69, 9.17) is 22.7 Å². The lowest BCUT2D eigenvalue weighted by Gasteiger charge is -2.21. The molecule has 1 aliphatic rings. The predicted molar refractivity (Wildman–Crippen MR) is 75.5 cm³/mol. The van der Waals surface area contributed by atoms with Crippen molar-refractivity contribution in [3.05, 3.63) is 0 Å². The van der Waals surface area contributed by atoms with Crippen LogP contribution in [-0.4, -0.2) is 67.6 Å². The fourth-order valence-corrected chi connectivity index (χ4v) is 2.23. The number of likely N-dealkylation sites (tertiary alicyclic amines) is 1. The second-order valence-electron chi connectivity index (χ2n) is 4.88. The highest BCUT2D eigenvalue weighted by Gasteiger charge is 2.24. The van der Waals surface area contributed by atoms with E-state index < -0.39 is 0 Å². The summed E-state index contributed by atoms with van der Waals surface area (Å²) < 4.78 is 5.14. The van der Waals surface area contributed by atoms with Gasteiger partial charge in [-0.1, -0.05) is 12.2 Å². The van der Waals surface area contributed by atoms with Crippen LogP contribution in [-0.2, 0) is 9.53 Å². The summed E-state index contributed by atoms with van der Waals surface area (Å²) in [5.74, 6) is 0.689. The number of thiocarbonyl (C=S) groups is 1. The fraction of sp³-hybridized carbons (Fsp3) is 0.833. The van der Waals surface area contributed by atoms with E-state index in [1.807, 2.05) is 0 Å². The Morgan fingerprint density at radius 2 is 2.33 bits per heavy atom. The van der Waals surface area contributed by atoms with Crippen LogP contribution < -0.4 is 5.73 Å². The van der Waals surface area contributed by atoms with Crippen molar-refractivity contribution < 1.29 is 9.53 Å². The van der Waals surface area contributed by atoms with Gasteiger partial charge < -0.3 is 15.4 Å². The van der Waals surface area contributed by atoms with Crippen molar-refractivity contribution in [1.29, 1.82) is 0 Å². The van der Waals surface area contributed by atoms with Crippen LogP contribution >= 0.6 is 12.2 Å². The largest absolute Gasteiger partial charge is 0.393 e. The van der Waals surface area contributed by atoms with Gasteiger partial charge in [-0.05, 0) is 18.9 Å². The molecule has 1 rings (SSSR count). The topological polar surface area (TPSA) is 58.8 Å². The number of carbonyl (C=O) groups excluding carboxylic acids is 1. The van der Waals surface area contributed by atoms with Gasteiger partial charge in [0, 0.05) is 33.7 Å². The summed E-state index contributed by atoms with van der Waals surface area (Å²) in [6, 6.07) is 0. The number of hydrogen-bond acceptors (Lipinski definition) is 4. The molecule has 0 saturated carbocycles. The molecular weight excluding hydrogens is 250 g/mol. The zero-order valence-corrected chi connectivity index (χ0v) is 12.0. The highest BCUT2D eigenvalue weighted by Crippen LogP contribution is 2.15. The van der Waals surface area contributed by atoms with Crippen LogP contribution in [0, 0.1) is 5.92 Å². The third-order valence-corrected chi connectivity index (χ3v) is 3.45. The van der Waals surface area contributed by atoms with E-state index in [1.165, 1.54) is 0 Å². The molecule has 104 valence electrons. The molecule has 6 heteroatoms. The second-order valence-corrected chi connectivity index (χ2v) is 5.40. The minimum atomic E-state index is 0.129. The molecule has 0 aromatic heterocycles. The highest BCUT2D eigenvalue weighted by atomic mass is 32.1. The van der Waals surface area contributed by atoms with Crippen molar-refractivity contribution in [1.82, 2.24) is 9.80 Å². The van der Waals surface area contributed by atoms with Crippen LogP contribution in [0.4, 0.5) is 0 Å². The normalized spacial score (nSPS) is 20.0. The summed E-state index contributed by atoms with van der Waals surface area (Å²) in [6.07, 6.45) is 1.70. The van der Waals surface area contributed by atoms with Gasteiger partial charge in [0.05, 0.1) is 18.1 Å². The molecule has 1 unspecified atom stereocenters. The van der Waals surface area contributed by atoms with Gasteiger partial charge in [0.15, 0.2) is 0 Å². The number of ether oxygens (including phenoxy) is 1. The van der Waals surface area contributed by atoms with Gasteiger partial charge in [-0.2, -0.15) is 0 Å². The van der Waals surface area contributed by atoms with Gasteiger partial charge >= 0.3 is 0 Å². The van der Waals surface area contributed by atoms with E-state index in [0.717, 1.165) is 26.1 Å². The van der Waals surface area contributed by atoms with Crippen LogP contribution in [0.15, 0.2) is 0 Å². The Morgan fingerprint density at radius 1 is 1.61 bits per heavy atom. The zero-order valence-electron chi connectivity index (χ0n) is 11.2. The highest BCUT2D eigenvalue weighted by molar-refractivity contribution is 7.80. The Hall–Kier alpha value is -0.720. The van der Waals surface area contributed by atoms with E-state index in [2.05, 4.69) is 4.90 Å². The van der Waals surface area contributed by atoms with E-state index in [9.17, 15) is 4.79 Å². The van der Waals surface area contributed by atoms with E-state index in [1.54, 1.807) is 19.1 Å². The first-order valence-corrected chi connectivity index (χ1v) is 6.67. The van der Waals surface area contributed by atoms with Crippen LogP contribution in [0.25, 0.3) is 0 Å². The Balaban J connectivity index is 2.25. The number of carbonyl (C=O) groups is 1. The number of likely N-dealkylation sites (N-methyl/N-ethyl adjacent to an activating group) is 1. The minimum absolute atomic E-state index is 0.129. The number of nitrogens with zero attached hydrogens (tertiary/aromatic N) is 2. The fourth-order valence-electron chi connectivity index (χ4n) is 2.14. The molecule has 0 radical (unpaired) electrons. The lowest BCUT2D eigenvalue weighted by atomic mass is 10.1. The lowest BCUT2D eigenvalue weighted by Crippen LogP contribution is -2.38. The zero-order chi connectivity index (χ0) is 13.5. The average Bonchev–Trinajstić information content (AvgIpc) is 2.73. The van der Waals surface area contributed by atoms with Gasteiger partial charge in [-0.25, -0.2) is 0 Å². The van der Waals surface area contributed by atoms with E-state index in [-0.39, 0.29) is 5.91 Å². The predicted octanol–water partition coefficient (Wildman–Crippen LogP) is 0.0893. The van der Waals surface area contributed by atoms with Gasteiger partial charge in [0.25, 0.3) is 0 Å². The first-order valence-electron chi connectivity index (χ1n) is 6.26. The maximum Gasteiger partial charge on any atom is 0.236 e. The van der Waals surface area contributed by atoms with E-state index in [0.29, 0.717) is 30.4 Å². The second kappa shape index (κ2) is 7.66. The quantitative estimate of drug-likeness (QED) is 0.666. The molecule has 1 atom stereocenters. The third kappa shape index (κ3) is 5.29. The summed E-state index contributed by atoms with van der Waals surface area (Å²) in [5, 5.41) is 0. The summed E-state index contributed by atoms with van der Waals surface area (Å²) in [4.78, 5) is 16.3. The SMILES string of the molecule is COCC1CCN(CC(=O)N(C)CCC(N)=S)C1. The van der Waals surface area contributed by atoms with Crippen molar-refractivity contribution in [3.8, 4) is 0 Å². The Labute approximate surface area is 114 Å². The molecule has 5 nitrogen and oxygen atoms in total. The van der Waals surface area contributed by atoms with Gasteiger partial charge in [-0.3, -0.25) is 9.69 Å². The molecule has 2 N–H and O–H groups in total. The van der Waals surface area contributed by atoms with Crippen molar-refractivity contribution >= 4 is 23.1 Å². The smallest absolute Gasteiger partial charge is 0.236 e. The van der Waals surface area contributed by atoms with Crippen molar-refractivity contribution in [2.75, 3.05) is 46.9 Å². The molecule has 1 heterocycles. The Bertz CT molecular complexity index is 299. The van der Waals surface area contributed by atoms with Gasteiger partial charge in [-0.15, -0.1) is 0 Å². The first kappa shape index (κ1) is 15.3. The van der Waals surface area contributed by atoms with Crippen molar-refractivity contribution in [3.63, 3.8) is 0 Å². The number of rotatable bonds is 7. The lowest BCUT2D eigenvalue weighted by molar-refractivity contribution is -0.130. The maximum absolute atomic E-state index is 11.9. The molecule has 0 spiro atoms. The summed E-state index contributed by atoms with van der Waals surface area (Å²) >= 11 is 4.80. The third-order valence-electron chi connectivity index (χ3n) is 3.25. The molecular formula is C12H23N3O2S. The summed E-state index contributed by atoms with van der Waals surface area (Å²) in [6.45, 7) is 3.78. The Morgan fingerprint density at radius 3 is 2.94 bits per heavy atom. The Kier molecular flexibility index (Phi) is 6.52. The van der Waals surface area contributed by atoms with Crippen LogP contribution in [0.3, 0.4) is 0 Å². The van der Waals surface area contributed by atoms with Gasteiger partial charge in [0.2, 0.25) is 5.91 Å². The van der Waals surface area contributed by atoms with Crippen LogP contribution in [0.5, 0.6) is 0 Å². The molecule has 18 heavy (non-hydrogen) atoms. The molecule has 1 aliphatic heterocycles. The molecule has 1 amide bonds. The molecule has 0 aromatic rings.